The van der Waals surface area contributed by atoms with Crippen molar-refractivity contribution >= 4 is 21.2 Å². The Labute approximate surface area is 156 Å². The maximum Gasteiger partial charge on any atom is 1.00 e. The number of phenolic OH excluding ortho intramolecular Hbond substituents is 1. The van der Waals surface area contributed by atoms with Gasteiger partial charge in [0.25, 0.3) is 10.1 Å². The Hall–Kier alpha value is -1.45. The molecular weight excluding hydrogens is 329 g/mol. The van der Waals surface area contributed by atoms with Gasteiger partial charge in [-0.15, -0.1) is 15.0 Å². The molecule has 0 aliphatic heterocycles. The molecule has 7 nitrogen and oxygen atoms in total. The third-order valence-corrected chi connectivity index (χ3v) is 4.15. The fourth-order valence-electron chi connectivity index (χ4n) is 2.19. The van der Waals surface area contributed by atoms with Crippen LogP contribution in [0.1, 0.15) is 13.9 Å². The van der Waals surface area contributed by atoms with Crippen LogP contribution in [0.15, 0.2) is 41.3 Å². The van der Waals surface area contributed by atoms with Gasteiger partial charge in [0.1, 0.15) is 22.5 Å². The molecule has 23 heavy (non-hydrogen) atoms. The second-order valence-corrected chi connectivity index (χ2v) is 6.18. The zero-order chi connectivity index (χ0) is 15.9. The Morgan fingerprint density at radius 3 is 2.22 bits per heavy atom. The van der Waals surface area contributed by atoms with E-state index >= 15 is 0 Å². The van der Waals surface area contributed by atoms with Gasteiger partial charge in [-0.3, -0.25) is 4.55 Å². The molecule has 9 heteroatoms. The molecular formula is C14H14N3NaO4S. The molecule has 0 saturated carbocycles. The number of aromatic hydroxyl groups is 1. The second-order valence-electron chi connectivity index (χ2n) is 4.76. The predicted molar refractivity (Wildman–Crippen MR) is 80.8 cm³/mol. The molecule has 0 spiro atoms. The molecule has 0 aliphatic carbocycles. The van der Waals surface area contributed by atoms with Crippen LogP contribution in [-0.4, -0.2) is 33.1 Å². The van der Waals surface area contributed by atoms with Gasteiger partial charge in [-0.05, 0) is 36.2 Å². The first-order chi connectivity index (χ1) is 10.4. The topological polar surface area (TPSA) is 105 Å². The molecule has 2 aromatic carbocycles. The number of nitrogens with zero attached hydrogens (tertiary/aromatic N) is 3. The van der Waals surface area contributed by atoms with Gasteiger partial charge in [0, 0.05) is 0 Å². The molecule has 0 unspecified atom stereocenters. The summed E-state index contributed by atoms with van der Waals surface area (Å²) < 4.78 is 32.0. The standard InChI is InChI=1S/C14H13N3O4S.Na.H/c1-2-9-7-10(22(19,20)21)8-13(14(9)18)17-15-11-5-3-4-6-12(11)16-17;;/h3-8,18H,2H2,1H3,(H,19,20,21);;/q;+1;-1. The van der Waals surface area contributed by atoms with Gasteiger partial charge in [0.2, 0.25) is 0 Å². The van der Waals surface area contributed by atoms with Crippen LogP contribution in [-0.2, 0) is 16.5 Å². The second kappa shape index (κ2) is 6.58. The van der Waals surface area contributed by atoms with Crippen LogP contribution in [0.5, 0.6) is 5.75 Å². The van der Waals surface area contributed by atoms with Gasteiger partial charge in [0.15, 0.2) is 0 Å². The Bertz CT molecular complexity index is 942. The molecule has 0 fully saturated rings. The van der Waals surface area contributed by atoms with E-state index in [1.807, 2.05) is 0 Å². The summed E-state index contributed by atoms with van der Waals surface area (Å²) in [4.78, 5) is 0.854. The molecule has 0 atom stereocenters. The van der Waals surface area contributed by atoms with Crippen molar-refractivity contribution in [2.45, 2.75) is 18.2 Å². The van der Waals surface area contributed by atoms with Crippen molar-refractivity contribution in [3.63, 3.8) is 0 Å². The van der Waals surface area contributed by atoms with Gasteiger partial charge in [0.05, 0.1) is 4.90 Å². The number of phenols is 1. The van der Waals surface area contributed by atoms with Crippen LogP contribution < -0.4 is 29.6 Å². The van der Waals surface area contributed by atoms with E-state index in [0.29, 0.717) is 23.0 Å². The van der Waals surface area contributed by atoms with Crippen LogP contribution >= 0.6 is 0 Å². The van der Waals surface area contributed by atoms with E-state index in [-0.39, 0.29) is 47.3 Å². The van der Waals surface area contributed by atoms with Crippen molar-refractivity contribution < 1.29 is 49.1 Å². The molecule has 3 aromatic rings. The van der Waals surface area contributed by atoms with Gasteiger partial charge in [-0.1, -0.05) is 19.1 Å². The van der Waals surface area contributed by atoms with Crippen LogP contribution in [0, 0.1) is 0 Å². The molecule has 1 heterocycles. The van der Waals surface area contributed by atoms with E-state index in [0.717, 1.165) is 10.9 Å². The average Bonchev–Trinajstić information content (AvgIpc) is 2.89. The smallest absolute Gasteiger partial charge is 1.00 e. The first kappa shape index (κ1) is 17.9. The summed E-state index contributed by atoms with van der Waals surface area (Å²) in [5.41, 5.74) is 1.70. The number of aryl methyl sites for hydroxylation is 1. The molecule has 3 rings (SSSR count). The molecule has 0 radical (unpaired) electrons. The number of hydrogen-bond donors (Lipinski definition) is 2. The Balaban J connectivity index is 0.00000144. The maximum atomic E-state index is 11.4. The summed E-state index contributed by atoms with van der Waals surface area (Å²) in [7, 11) is -4.39. The minimum absolute atomic E-state index is 0. The molecule has 1 aromatic heterocycles. The van der Waals surface area contributed by atoms with Crippen molar-refractivity contribution in [2.75, 3.05) is 0 Å². The van der Waals surface area contributed by atoms with Gasteiger partial charge < -0.3 is 6.53 Å². The first-order valence-electron chi connectivity index (χ1n) is 6.56. The van der Waals surface area contributed by atoms with Crippen molar-refractivity contribution in [1.82, 2.24) is 15.0 Å². The van der Waals surface area contributed by atoms with E-state index in [1.54, 1.807) is 31.2 Å². The van der Waals surface area contributed by atoms with Crippen LogP contribution in [0.25, 0.3) is 16.7 Å². The van der Waals surface area contributed by atoms with E-state index in [1.165, 1.54) is 6.07 Å². The number of fused-ring (bicyclic) bond motifs is 1. The third kappa shape index (κ3) is 3.41. The summed E-state index contributed by atoms with van der Waals surface area (Å²) in [6, 6.07) is 9.48. The molecule has 0 amide bonds. The summed E-state index contributed by atoms with van der Waals surface area (Å²) in [6.45, 7) is 1.76. The molecule has 2 N–H and O–H groups in total. The first-order valence-corrected chi connectivity index (χ1v) is 8.00. The fourth-order valence-corrected chi connectivity index (χ4v) is 2.74. The maximum absolute atomic E-state index is 11.4. The molecule has 0 saturated heterocycles. The Kier molecular flexibility index (Phi) is 5.12. The third-order valence-electron chi connectivity index (χ3n) is 3.32. The minimum Gasteiger partial charge on any atom is -1.00 e. The summed E-state index contributed by atoms with van der Waals surface area (Å²) in [5, 5.41) is 18.7. The zero-order valence-corrected chi connectivity index (χ0v) is 15.4. The Morgan fingerprint density at radius 1 is 1.17 bits per heavy atom. The van der Waals surface area contributed by atoms with Crippen molar-refractivity contribution in [3.8, 4) is 11.4 Å². The summed E-state index contributed by atoms with van der Waals surface area (Å²) in [6.07, 6.45) is 0.392. The van der Waals surface area contributed by atoms with Crippen LogP contribution in [0.3, 0.4) is 0 Å². The summed E-state index contributed by atoms with van der Waals surface area (Å²) in [5.74, 6) is -0.116. The number of hydrogen-bond acceptors (Lipinski definition) is 5. The van der Waals surface area contributed by atoms with Crippen molar-refractivity contribution in [1.29, 1.82) is 0 Å². The van der Waals surface area contributed by atoms with Gasteiger partial charge in [-0.25, -0.2) is 0 Å². The summed E-state index contributed by atoms with van der Waals surface area (Å²) >= 11 is 0. The van der Waals surface area contributed by atoms with Crippen molar-refractivity contribution in [3.05, 3.63) is 42.0 Å². The predicted octanol–water partition coefficient (Wildman–Crippen LogP) is -0.948. The largest absolute Gasteiger partial charge is 1.00 e. The van der Waals surface area contributed by atoms with Crippen LogP contribution in [0.2, 0.25) is 0 Å². The SMILES string of the molecule is CCc1cc(S(=O)(=O)O)cc(-n2nc3ccccc3n2)c1O.[H-].[Na+]. The van der Waals surface area contributed by atoms with Crippen LogP contribution in [0.4, 0.5) is 0 Å². The van der Waals surface area contributed by atoms with Crippen molar-refractivity contribution in [2.24, 2.45) is 0 Å². The average molecular weight is 343 g/mol. The monoisotopic (exact) mass is 343 g/mol. The fraction of sp³-hybridized carbons (Fsp3) is 0.143. The van der Waals surface area contributed by atoms with Gasteiger partial charge >= 0.3 is 29.6 Å². The minimum atomic E-state index is -4.39. The molecule has 0 aliphatic rings. The number of rotatable bonds is 3. The normalized spacial score (nSPS) is 11.4. The molecule has 116 valence electrons. The van der Waals surface area contributed by atoms with E-state index in [2.05, 4.69) is 10.2 Å². The van der Waals surface area contributed by atoms with E-state index in [4.69, 9.17) is 0 Å². The zero-order valence-electron chi connectivity index (χ0n) is 13.6. The number of benzene rings is 2. The van der Waals surface area contributed by atoms with E-state index < -0.39 is 10.1 Å². The molecule has 0 bridgehead atoms. The van der Waals surface area contributed by atoms with Gasteiger partial charge in [-0.2, -0.15) is 8.42 Å². The quantitative estimate of drug-likeness (QED) is 0.469. The Morgan fingerprint density at radius 2 is 1.74 bits per heavy atom. The number of aromatic nitrogens is 3. The van der Waals surface area contributed by atoms with E-state index in [9.17, 15) is 18.1 Å².